The fourth-order valence-electron chi connectivity index (χ4n) is 4.10. The van der Waals surface area contributed by atoms with Crippen LogP contribution in [0.3, 0.4) is 0 Å². The third-order valence-electron chi connectivity index (χ3n) is 5.57. The van der Waals surface area contributed by atoms with Gasteiger partial charge in [0, 0.05) is 29.7 Å². The molecule has 0 radical (unpaired) electrons. The number of aryl methyl sites for hydroxylation is 1. The molecule has 4 nitrogen and oxygen atoms in total. The molecule has 1 fully saturated rings. The van der Waals surface area contributed by atoms with Crippen LogP contribution < -0.4 is 10.2 Å². The number of thiophene rings is 1. The highest BCUT2D eigenvalue weighted by Crippen LogP contribution is 2.44. The van der Waals surface area contributed by atoms with Crippen LogP contribution in [-0.4, -0.2) is 18.9 Å². The summed E-state index contributed by atoms with van der Waals surface area (Å²) in [4.78, 5) is 27.8. The molecule has 2 amide bonds. The number of hydrogen-bond acceptors (Lipinski definition) is 3. The Hall–Kier alpha value is -2.14. The summed E-state index contributed by atoms with van der Waals surface area (Å²) < 4.78 is 0. The molecule has 1 aromatic carbocycles. The highest BCUT2D eigenvalue weighted by Gasteiger charge is 2.43. The van der Waals surface area contributed by atoms with Gasteiger partial charge in [0.25, 0.3) is 0 Å². The predicted molar refractivity (Wildman–Crippen MR) is 101 cm³/mol. The van der Waals surface area contributed by atoms with Crippen molar-refractivity contribution in [2.75, 3.05) is 17.3 Å². The maximum absolute atomic E-state index is 13.2. The van der Waals surface area contributed by atoms with Crippen LogP contribution in [0.1, 0.15) is 42.5 Å². The Labute approximate surface area is 151 Å². The number of amides is 2. The van der Waals surface area contributed by atoms with E-state index in [4.69, 9.17) is 0 Å². The van der Waals surface area contributed by atoms with Gasteiger partial charge in [0.1, 0.15) is 0 Å². The van der Waals surface area contributed by atoms with E-state index in [0.717, 1.165) is 49.0 Å². The predicted octanol–water partition coefficient (Wildman–Crippen LogP) is 4.11. The van der Waals surface area contributed by atoms with Gasteiger partial charge in [-0.25, -0.2) is 0 Å². The Morgan fingerprint density at radius 2 is 2.00 bits per heavy atom. The third-order valence-corrected chi connectivity index (χ3v) is 6.64. The lowest BCUT2D eigenvalue weighted by atomic mass is 9.83. The number of hydrogen-bond donors (Lipinski definition) is 1. The summed E-state index contributed by atoms with van der Waals surface area (Å²) in [6, 6.07) is 9.98. The molecule has 2 aliphatic rings. The van der Waals surface area contributed by atoms with Crippen molar-refractivity contribution in [1.29, 1.82) is 0 Å². The molecule has 0 unspecified atom stereocenters. The van der Waals surface area contributed by atoms with Crippen LogP contribution in [0.15, 0.2) is 35.7 Å². The minimum Gasteiger partial charge on any atom is -0.325 e. The van der Waals surface area contributed by atoms with E-state index < -0.39 is 0 Å². The highest BCUT2D eigenvalue weighted by atomic mass is 32.1. The number of anilines is 2. The van der Waals surface area contributed by atoms with Crippen molar-refractivity contribution in [3.63, 3.8) is 0 Å². The van der Waals surface area contributed by atoms with Crippen molar-refractivity contribution in [3.05, 3.63) is 46.2 Å². The summed E-state index contributed by atoms with van der Waals surface area (Å²) in [5.74, 6) is 0.250. The van der Waals surface area contributed by atoms with Gasteiger partial charge in [0.05, 0.1) is 5.41 Å². The molecule has 1 aromatic heterocycles. The van der Waals surface area contributed by atoms with E-state index in [1.54, 1.807) is 16.2 Å². The molecule has 1 saturated carbocycles. The number of nitrogens with zero attached hydrogens (tertiary/aromatic N) is 1. The standard InChI is InChI=1S/C20H22N2O2S/c1-22-16-8-7-15(13-14(16)6-9-18(22)23)21-19(24)20(10-2-3-11-20)17-5-4-12-25-17/h4-5,7-8,12-13H,2-3,6,9-11H2,1H3,(H,21,24). The molecule has 1 N–H and O–H groups in total. The molecule has 2 aromatic rings. The lowest BCUT2D eigenvalue weighted by Crippen LogP contribution is -2.37. The van der Waals surface area contributed by atoms with Gasteiger partial charge in [-0.2, -0.15) is 0 Å². The second-order valence-electron chi connectivity index (χ2n) is 7.02. The molecule has 25 heavy (non-hydrogen) atoms. The molecule has 1 aliphatic heterocycles. The summed E-state index contributed by atoms with van der Waals surface area (Å²) in [5.41, 5.74) is 2.52. The molecule has 1 aliphatic carbocycles. The largest absolute Gasteiger partial charge is 0.325 e. The lowest BCUT2D eigenvalue weighted by Gasteiger charge is -2.28. The Bertz CT molecular complexity index is 807. The van der Waals surface area contributed by atoms with Crippen LogP contribution in [0.4, 0.5) is 11.4 Å². The van der Waals surface area contributed by atoms with Gasteiger partial charge in [-0.15, -0.1) is 11.3 Å². The van der Waals surface area contributed by atoms with Crippen molar-refractivity contribution in [2.24, 2.45) is 0 Å². The molecule has 2 heterocycles. The zero-order chi connectivity index (χ0) is 17.4. The monoisotopic (exact) mass is 354 g/mol. The lowest BCUT2D eigenvalue weighted by molar-refractivity contribution is -0.121. The third kappa shape index (κ3) is 2.76. The summed E-state index contributed by atoms with van der Waals surface area (Å²) in [6.45, 7) is 0. The Kier molecular flexibility index (Phi) is 4.12. The van der Waals surface area contributed by atoms with Crippen LogP contribution >= 0.6 is 11.3 Å². The zero-order valence-electron chi connectivity index (χ0n) is 14.4. The van der Waals surface area contributed by atoms with Crippen LogP contribution in [0.2, 0.25) is 0 Å². The summed E-state index contributed by atoms with van der Waals surface area (Å²) in [6.07, 6.45) is 5.30. The first-order valence-electron chi connectivity index (χ1n) is 8.85. The smallest absolute Gasteiger partial charge is 0.235 e. The topological polar surface area (TPSA) is 49.4 Å². The summed E-state index contributed by atoms with van der Waals surface area (Å²) >= 11 is 1.68. The van der Waals surface area contributed by atoms with Gasteiger partial charge in [0.15, 0.2) is 0 Å². The van der Waals surface area contributed by atoms with E-state index in [0.29, 0.717) is 6.42 Å². The number of carbonyl (C=O) groups excluding carboxylic acids is 2. The zero-order valence-corrected chi connectivity index (χ0v) is 15.2. The molecule has 5 heteroatoms. The van der Waals surface area contributed by atoms with Gasteiger partial charge < -0.3 is 10.2 Å². The number of benzene rings is 1. The first-order valence-corrected chi connectivity index (χ1v) is 9.73. The Morgan fingerprint density at radius 3 is 2.72 bits per heavy atom. The SMILES string of the molecule is CN1C(=O)CCc2cc(NC(=O)C3(c4cccs4)CCCC3)ccc21. The normalized spacial score (nSPS) is 18.9. The van der Waals surface area contributed by atoms with E-state index in [9.17, 15) is 9.59 Å². The minimum absolute atomic E-state index is 0.104. The van der Waals surface area contributed by atoms with Crippen molar-refractivity contribution in [1.82, 2.24) is 0 Å². The van der Waals surface area contributed by atoms with E-state index in [1.165, 1.54) is 4.88 Å². The van der Waals surface area contributed by atoms with Gasteiger partial charge in [-0.1, -0.05) is 18.9 Å². The number of nitrogens with one attached hydrogen (secondary N) is 1. The highest BCUT2D eigenvalue weighted by molar-refractivity contribution is 7.10. The average molecular weight is 354 g/mol. The van der Waals surface area contributed by atoms with Crippen molar-refractivity contribution in [2.45, 2.75) is 43.9 Å². The maximum atomic E-state index is 13.2. The van der Waals surface area contributed by atoms with Crippen molar-refractivity contribution < 1.29 is 9.59 Å². The molecule has 0 bridgehead atoms. The van der Waals surface area contributed by atoms with Crippen LogP contribution in [0, 0.1) is 0 Å². The Balaban J connectivity index is 1.60. The van der Waals surface area contributed by atoms with Gasteiger partial charge in [0.2, 0.25) is 11.8 Å². The molecule has 0 atom stereocenters. The summed E-state index contributed by atoms with van der Waals surface area (Å²) in [7, 11) is 1.81. The Morgan fingerprint density at radius 1 is 1.20 bits per heavy atom. The average Bonchev–Trinajstić information content (AvgIpc) is 3.30. The van der Waals surface area contributed by atoms with E-state index in [1.807, 2.05) is 31.3 Å². The molecule has 130 valence electrons. The minimum atomic E-state index is -0.378. The van der Waals surface area contributed by atoms with Crippen molar-refractivity contribution >= 4 is 34.5 Å². The first kappa shape index (κ1) is 16.3. The van der Waals surface area contributed by atoms with E-state index in [-0.39, 0.29) is 17.2 Å². The summed E-state index contributed by atoms with van der Waals surface area (Å²) in [5, 5.41) is 5.20. The van der Waals surface area contributed by atoms with Crippen LogP contribution in [0.25, 0.3) is 0 Å². The second kappa shape index (κ2) is 6.30. The fraction of sp³-hybridized carbons (Fsp3) is 0.400. The second-order valence-corrected chi connectivity index (χ2v) is 7.96. The van der Waals surface area contributed by atoms with Crippen LogP contribution in [-0.2, 0) is 21.4 Å². The van der Waals surface area contributed by atoms with Gasteiger partial charge >= 0.3 is 0 Å². The first-order chi connectivity index (χ1) is 12.1. The van der Waals surface area contributed by atoms with Crippen molar-refractivity contribution in [3.8, 4) is 0 Å². The fourth-order valence-corrected chi connectivity index (χ4v) is 5.08. The molecule has 0 saturated heterocycles. The number of carbonyl (C=O) groups is 2. The quantitative estimate of drug-likeness (QED) is 0.902. The van der Waals surface area contributed by atoms with Gasteiger partial charge in [-0.05, 0) is 54.5 Å². The van der Waals surface area contributed by atoms with E-state index >= 15 is 0 Å². The molecular weight excluding hydrogens is 332 g/mol. The number of fused-ring (bicyclic) bond motifs is 1. The molecule has 0 spiro atoms. The van der Waals surface area contributed by atoms with Gasteiger partial charge in [-0.3, -0.25) is 9.59 Å². The molecular formula is C20H22N2O2S. The van der Waals surface area contributed by atoms with Crippen LogP contribution in [0.5, 0.6) is 0 Å². The number of rotatable bonds is 3. The van der Waals surface area contributed by atoms with E-state index in [2.05, 4.69) is 16.8 Å². The maximum Gasteiger partial charge on any atom is 0.235 e. The molecule has 4 rings (SSSR count).